The van der Waals surface area contributed by atoms with Crippen molar-refractivity contribution in [1.82, 2.24) is 9.88 Å². The van der Waals surface area contributed by atoms with Gasteiger partial charge in [-0.1, -0.05) is 17.7 Å². The molecule has 24 heavy (non-hydrogen) atoms. The van der Waals surface area contributed by atoms with E-state index < -0.39 is 0 Å². The number of aromatic nitrogens is 1. The monoisotopic (exact) mass is 368 g/mol. The zero-order chi connectivity index (χ0) is 18.0. The Labute approximate surface area is 153 Å². The van der Waals surface area contributed by atoms with Crippen LogP contribution in [0.1, 0.15) is 35.8 Å². The topological polar surface area (TPSA) is 42.4 Å². The number of pyridine rings is 1. The van der Waals surface area contributed by atoms with Crippen molar-refractivity contribution in [2.24, 2.45) is 0 Å². The van der Waals surface area contributed by atoms with Gasteiger partial charge in [0.05, 0.1) is 11.5 Å². The third kappa shape index (κ3) is 3.66. The highest BCUT2D eigenvalue weighted by molar-refractivity contribution is 6.32. The number of ether oxygens (including phenoxy) is 1. The summed E-state index contributed by atoms with van der Waals surface area (Å²) in [5.74, 6) is -0.214. The Bertz CT molecular complexity index is 679. The summed E-state index contributed by atoms with van der Waals surface area (Å²) < 4.78 is 5.72. The zero-order valence-corrected chi connectivity index (χ0v) is 16.0. The molecule has 1 aromatic rings. The van der Waals surface area contributed by atoms with Gasteiger partial charge in [0, 0.05) is 38.4 Å². The molecule has 0 saturated carbocycles. The summed E-state index contributed by atoms with van der Waals surface area (Å²) >= 11 is 12.7. The normalized spacial score (nSPS) is 22.2. The first kappa shape index (κ1) is 19.0. The van der Waals surface area contributed by atoms with Crippen LogP contribution in [0.2, 0.25) is 0 Å². The van der Waals surface area contributed by atoms with Gasteiger partial charge < -0.3 is 9.64 Å². The van der Waals surface area contributed by atoms with Crippen LogP contribution in [0.25, 0.3) is 0 Å². The maximum atomic E-state index is 12.0. The smallest absolute Gasteiger partial charge is 0.271 e. The quantitative estimate of drug-likeness (QED) is 0.755. The fourth-order valence-corrected chi connectivity index (χ4v) is 3.32. The van der Waals surface area contributed by atoms with Crippen molar-refractivity contribution >= 4 is 29.1 Å². The maximum absolute atomic E-state index is 12.0. The van der Waals surface area contributed by atoms with Crippen LogP contribution >= 0.6 is 23.2 Å². The zero-order valence-electron chi connectivity index (χ0n) is 14.5. The average Bonchev–Trinajstić information content (AvgIpc) is 2.55. The van der Waals surface area contributed by atoms with Gasteiger partial charge in [-0.15, -0.1) is 11.6 Å². The van der Waals surface area contributed by atoms with Crippen LogP contribution in [0.5, 0.6) is 0 Å². The van der Waals surface area contributed by atoms with Crippen LogP contribution in [0, 0.1) is 0 Å². The van der Waals surface area contributed by atoms with Crippen LogP contribution in [-0.4, -0.2) is 48.5 Å². The Morgan fingerprint density at radius 2 is 2.04 bits per heavy atom. The minimum Gasteiger partial charge on any atom is -0.376 e. The lowest BCUT2D eigenvalue weighted by molar-refractivity contribution is 0.0822. The fraction of sp³-hybridized carbons (Fsp3) is 0.444. The molecule has 0 aromatic carbocycles. The third-order valence-electron chi connectivity index (χ3n) is 4.25. The highest BCUT2D eigenvalue weighted by Gasteiger charge is 2.34. The van der Waals surface area contributed by atoms with Gasteiger partial charge in [0.25, 0.3) is 5.91 Å². The van der Waals surface area contributed by atoms with E-state index in [1.54, 1.807) is 33.5 Å². The number of rotatable bonds is 4. The highest BCUT2D eigenvalue weighted by Crippen LogP contribution is 2.41. The predicted octanol–water partition coefficient (Wildman–Crippen LogP) is 3.96. The third-order valence-corrected chi connectivity index (χ3v) is 4.91. The van der Waals surface area contributed by atoms with Crippen LogP contribution in [0.4, 0.5) is 0 Å². The average molecular weight is 369 g/mol. The molecule has 6 heteroatoms. The number of amides is 1. The van der Waals surface area contributed by atoms with E-state index in [0.29, 0.717) is 10.7 Å². The van der Waals surface area contributed by atoms with Crippen LogP contribution in [-0.2, 0) is 4.74 Å². The number of alkyl halides is 1. The summed E-state index contributed by atoms with van der Waals surface area (Å²) in [6.45, 7) is 3.88. The van der Waals surface area contributed by atoms with Crippen molar-refractivity contribution in [3.05, 3.63) is 51.8 Å². The van der Waals surface area contributed by atoms with Crippen molar-refractivity contribution in [2.75, 3.05) is 21.2 Å². The van der Waals surface area contributed by atoms with Gasteiger partial charge in [-0.05, 0) is 42.7 Å². The fourth-order valence-electron chi connectivity index (χ4n) is 2.89. The molecule has 0 spiro atoms. The second-order valence-electron chi connectivity index (χ2n) is 6.10. The van der Waals surface area contributed by atoms with Crippen molar-refractivity contribution < 1.29 is 9.53 Å². The van der Waals surface area contributed by atoms with Gasteiger partial charge in [-0.25, -0.2) is 0 Å². The van der Waals surface area contributed by atoms with Crippen molar-refractivity contribution in [1.29, 1.82) is 0 Å². The Kier molecular flexibility index (Phi) is 6.07. The first-order valence-corrected chi connectivity index (χ1v) is 8.51. The van der Waals surface area contributed by atoms with Gasteiger partial charge in [-0.3, -0.25) is 9.78 Å². The van der Waals surface area contributed by atoms with Crippen molar-refractivity contribution in [2.45, 2.75) is 31.2 Å². The molecule has 1 aliphatic carbocycles. The number of carbonyl (C=O) groups excluding carboxylic acids is 1. The standard InChI is InChI=1S/C18H22Cl2N2O2/c1-10-14(20)8-13(11(2)19)17(24-5)16(10)12-6-7-15(21-9-12)18(23)22(3)4/h6-9,11,16-17H,1-5H3. The number of methoxy groups -OCH3 is 1. The number of hydrogen-bond donors (Lipinski definition) is 0. The molecule has 0 saturated heterocycles. The first-order valence-electron chi connectivity index (χ1n) is 7.70. The minimum absolute atomic E-state index is 0.0836. The van der Waals surface area contributed by atoms with E-state index in [2.05, 4.69) is 4.98 Å². The molecular weight excluding hydrogens is 347 g/mol. The molecule has 0 bridgehead atoms. The first-order chi connectivity index (χ1) is 11.3. The molecule has 4 nitrogen and oxygen atoms in total. The Morgan fingerprint density at radius 1 is 1.38 bits per heavy atom. The largest absolute Gasteiger partial charge is 0.376 e. The van der Waals surface area contributed by atoms with E-state index in [1.165, 1.54) is 4.90 Å². The van der Waals surface area contributed by atoms with Gasteiger partial charge in [0.1, 0.15) is 5.69 Å². The highest BCUT2D eigenvalue weighted by atomic mass is 35.5. The SMILES string of the molecule is COC1C(C(C)Cl)=CC(Cl)=C(C)C1c1ccc(C(=O)N(C)C)nc1. The molecule has 0 fully saturated rings. The van der Waals surface area contributed by atoms with E-state index in [9.17, 15) is 4.79 Å². The van der Waals surface area contributed by atoms with Gasteiger partial charge >= 0.3 is 0 Å². The second-order valence-corrected chi connectivity index (χ2v) is 7.16. The molecule has 0 aliphatic heterocycles. The second kappa shape index (κ2) is 7.68. The number of allylic oxidation sites excluding steroid dienone is 2. The molecule has 130 valence electrons. The molecule has 1 amide bonds. The maximum Gasteiger partial charge on any atom is 0.271 e. The van der Waals surface area contributed by atoms with Crippen LogP contribution < -0.4 is 0 Å². The minimum atomic E-state index is -0.211. The molecule has 0 radical (unpaired) electrons. The Hall–Kier alpha value is -1.36. The molecule has 1 aromatic heterocycles. The van der Waals surface area contributed by atoms with E-state index >= 15 is 0 Å². The van der Waals surface area contributed by atoms with E-state index in [1.807, 2.05) is 26.0 Å². The van der Waals surface area contributed by atoms with Crippen LogP contribution in [0.15, 0.2) is 40.6 Å². The predicted molar refractivity (Wildman–Crippen MR) is 97.7 cm³/mol. The summed E-state index contributed by atoms with van der Waals surface area (Å²) in [6.07, 6.45) is 3.39. The number of hydrogen-bond acceptors (Lipinski definition) is 3. The number of halogens is 2. The Morgan fingerprint density at radius 3 is 2.50 bits per heavy atom. The van der Waals surface area contributed by atoms with E-state index in [4.69, 9.17) is 27.9 Å². The summed E-state index contributed by atoms with van der Waals surface area (Å²) in [5.41, 5.74) is 3.28. The summed E-state index contributed by atoms with van der Waals surface area (Å²) in [7, 11) is 5.06. The number of nitrogens with zero attached hydrogens (tertiary/aromatic N) is 2. The van der Waals surface area contributed by atoms with Gasteiger partial charge in [-0.2, -0.15) is 0 Å². The lowest BCUT2D eigenvalue weighted by atomic mass is 9.79. The summed E-state index contributed by atoms with van der Waals surface area (Å²) in [6, 6.07) is 3.63. The van der Waals surface area contributed by atoms with Crippen molar-refractivity contribution in [3.63, 3.8) is 0 Å². The molecule has 3 unspecified atom stereocenters. The summed E-state index contributed by atoms with van der Waals surface area (Å²) in [4.78, 5) is 17.8. The molecule has 2 rings (SSSR count). The van der Waals surface area contributed by atoms with E-state index in [-0.39, 0.29) is 23.3 Å². The summed E-state index contributed by atoms with van der Waals surface area (Å²) in [5, 5.41) is 0.478. The molecule has 0 N–H and O–H groups in total. The Balaban J connectivity index is 2.42. The lowest BCUT2D eigenvalue weighted by Crippen LogP contribution is -2.31. The molecule has 3 atom stereocenters. The van der Waals surface area contributed by atoms with Crippen molar-refractivity contribution in [3.8, 4) is 0 Å². The van der Waals surface area contributed by atoms with Crippen LogP contribution in [0.3, 0.4) is 0 Å². The molecule has 1 aliphatic rings. The van der Waals surface area contributed by atoms with Gasteiger partial charge in [0.15, 0.2) is 0 Å². The molecular formula is C18H22Cl2N2O2. The van der Waals surface area contributed by atoms with Gasteiger partial charge in [0.2, 0.25) is 0 Å². The lowest BCUT2D eigenvalue weighted by Gasteiger charge is -2.34. The number of carbonyl (C=O) groups is 1. The van der Waals surface area contributed by atoms with E-state index in [0.717, 1.165) is 16.7 Å². The molecule has 1 heterocycles.